The molecule has 3 aromatic rings. The minimum atomic E-state index is -0.990. The van der Waals surface area contributed by atoms with Crippen LogP contribution in [0.1, 0.15) is 23.0 Å². The van der Waals surface area contributed by atoms with Crippen LogP contribution in [0.5, 0.6) is 0 Å². The van der Waals surface area contributed by atoms with Gasteiger partial charge in [-0.25, -0.2) is 0 Å². The minimum absolute atomic E-state index is 0.325. The number of hydrogen-bond donors (Lipinski definition) is 2. The van der Waals surface area contributed by atoms with Crippen molar-refractivity contribution in [3.63, 3.8) is 0 Å². The van der Waals surface area contributed by atoms with E-state index >= 15 is 0 Å². The van der Waals surface area contributed by atoms with Gasteiger partial charge in [0.1, 0.15) is 0 Å². The molecule has 156 valence electrons. The third-order valence-corrected chi connectivity index (χ3v) is 6.01. The lowest BCUT2D eigenvalue weighted by Gasteiger charge is -2.37. The minimum Gasteiger partial charge on any atom is -0.481 e. The number of carbonyl (C=O) groups is 2. The number of carbonyl (C=O) groups excluding carboxylic acids is 1. The molecule has 1 aliphatic rings. The Kier molecular flexibility index (Phi) is 6.19. The van der Waals surface area contributed by atoms with Crippen molar-refractivity contribution in [3.05, 3.63) is 113 Å². The zero-order valence-corrected chi connectivity index (χ0v) is 17.4. The Morgan fingerprint density at radius 1 is 0.710 bits per heavy atom. The Balaban J connectivity index is 1.76. The predicted molar refractivity (Wildman–Crippen MR) is 122 cm³/mol. The van der Waals surface area contributed by atoms with Gasteiger partial charge in [0.2, 0.25) is 5.91 Å². The lowest BCUT2D eigenvalue weighted by Crippen LogP contribution is -2.42. The first-order chi connectivity index (χ1) is 15.0. The summed E-state index contributed by atoms with van der Waals surface area (Å²) in [6.45, 7) is 0. The predicted octanol–water partition coefficient (Wildman–Crippen LogP) is 5.73. The largest absolute Gasteiger partial charge is 0.481 e. The zero-order chi connectivity index (χ0) is 21.8. The number of carboxylic acids is 1. The van der Waals surface area contributed by atoms with E-state index in [9.17, 15) is 14.7 Å². The first-order valence-electron chi connectivity index (χ1n) is 10.1. The van der Waals surface area contributed by atoms with Crippen LogP contribution < -0.4 is 5.32 Å². The molecule has 0 saturated carbocycles. The van der Waals surface area contributed by atoms with E-state index in [1.807, 2.05) is 72.8 Å². The van der Waals surface area contributed by atoms with Crippen molar-refractivity contribution in [2.75, 3.05) is 5.32 Å². The third-order valence-electron chi connectivity index (χ3n) is 5.76. The number of halogens is 1. The highest BCUT2D eigenvalue weighted by Crippen LogP contribution is 2.45. The molecule has 5 heteroatoms. The summed E-state index contributed by atoms with van der Waals surface area (Å²) in [5.41, 5.74) is 2.37. The molecule has 31 heavy (non-hydrogen) atoms. The van der Waals surface area contributed by atoms with E-state index in [0.29, 0.717) is 10.7 Å². The third kappa shape index (κ3) is 4.54. The maximum atomic E-state index is 13.5. The van der Waals surface area contributed by atoms with Crippen LogP contribution in [0.3, 0.4) is 0 Å². The van der Waals surface area contributed by atoms with Gasteiger partial charge in [0, 0.05) is 22.5 Å². The van der Waals surface area contributed by atoms with Crippen LogP contribution in [-0.2, 0) is 9.59 Å². The molecule has 0 saturated heterocycles. The van der Waals surface area contributed by atoms with Gasteiger partial charge < -0.3 is 10.4 Å². The summed E-state index contributed by atoms with van der Waals surface area (Å²) in [4.78, 5) is 26.0. The number of benzene rings is 3. The average Bonchev–Trinajstić information content (AvgIpc) is 2.80. The van der Waals surface area contributed by atoms with Gasteiger partial charge in [0.15, 0.2) is 0 Å². The number of allylic oxidation sites excluding steroid dienone is 2. The number of aliphatic carboxylic acids is 1. The van der Waals surface area contributed by atoms with Crippen molar-refractivity contribution in [3.8, 4) is 0 Å². The zero-order valence-electron chi connectivity index (χ0n) is 16.7. The highest BCUT2D eigenvalue weighted by molar-refractivity contribution is 6.30. The molecule has 1 aliphatic carbocycles. The van der Waals surface area contributed by atoms with Gasteiger partial charge in [-0.2, -0.15) is 0 Å². The van der Waals surface area contributed by atoms with E-state index in [4.69, 9.17) is 11.6 Å². The normalized spacial score (nSPS) is 22.6. The number of rotatable bonds is 5. The summed E-state index contributed by atoms with van der Waals surface area (Å²) >= 11 is 5.95. The number of hydrogen-bond acceptors (Lipinski definition) is 2. The van der Waals surface area contributed by atoms with Gasteiger partial charge in [-0.1, -0.05) is 84.4 Å². The van der Waals surface area contributed by atoms with E-state index in [1.165, 1.54) is 0 Å². The van der Waals surface area contributed by atoms with Crippen LogP contribution in [0, 0.1) is 11.8 Å². The van der Waals surface area contributed by atoms with Crippen molar-refractivity contribution in [2.24, 2.45) is 11.8 Å². The van der Waals surface area contributed by atoms with E-state index in [0.717, 1.165) is 11.1 Å². The second-order valence-corrected chi connectivity index (χ2v) is 8.08. The van der Waals surface area contributed by atoms with Crippen molar-refractivity contribution in [2.45, 2.75) is 11.8 Å². The second-order valence-electron chi connectivity index (χ2n) is 7.64. The van der Waals surface area contributed by atoms with E-state index in [2.05, 4.69) is 5.32 Å². The fourth-order valence-corrected chi connectivity index (χ4v) is 4.43. The van der Waals surface area contributed by atoms with Crippen molar-refractivity contribution >= 4 is 29.2 Å². The SMILES string of the molecule is O=C(O)[C@H]1[C@H](C(=O)Nc2ccc(Cl)cc2)[C@H](c2ccccc2)C=C[C@H]1c1ccccc1. The molecule has 0 aliphatic heterocycles. The Morgan fingerprint density at radius 3 is 1.68 bits per heavy atom. The summed E-state index contributed by atoms with van der Waals surface area (Å²) in [5.74, 6) is -3.77. The van der Waals surface area contributed by atoms with Gasteiger partial charge in [0.25, 0.3) is 0 Å². The Bertz CT molecular complexity index is 1080. The summed E-state index contributed by atoms with van der Waals surface area (Å²) in [5, 5.41) is 13.7. The highest BCUT2D eigenvalue weighted by atomic mass is 35.5. The molecule has 0 aromatic heterocycles. The van der Waals surface area contributed by atoms with Gasteiger partial charge in [-0.3, -0.25) is 9.59 Å². The first kappa shape index (κ1) is 20.9. The molecular weight excluding hydrogens is 410 g/mol. The summed E-state index contributed by atoms with van der Waals surface area (Å²) in [6, 6.07) is 25.8. The highest BCUT2D eigenvalue weighted by Gasteiger charge is 2.46. The first-order valence-corrected chi connectivity index (χ1v) is 10.5. The van der Waals surface area contributed by atoms with Crippen LogP contribution in [0.15, 0.2) is 97.1 Å². The maximum Gasteiger partial charge on any atom is 0.308 e. The Hall–Kier alpha value is -3.37. The van der Waals surface area contributed by atoms with Gasteiger partial charge in [0.05, 0.1) is 11.8 Å². The molecule has 4 atom stereocenters. The van der Waals surface area contributed by atoms with Gasteiger partial charge >= 0.3 is 5.97 Å². The molecular formula is C26H22ClNO3. The molecule has 2 N–H and O–H groups in total. The monoisotopic (exact) mass is 431 g/mol. The van der Waals surface area contributed by atoms with Crippen molar-refractivity contribution < 1.29 is 14.7 Å². The molecule has 4 rings (SSSR count). The van der Waals surface area contributed by atoms with Crippen molar-refractivity contribution in [1.29, 1.82) is 0 Å². The molecule has 0 bridgehead atoms. The number of anilines is 1. The van der Waals surface area contributed by atoms with Crippen LogP contribution in [0.25, 0.3) is 0 Å². The van der Waals surface area contributed by atoms with Crippen LogP contribution in [0.4, 0.5) is 5.69 Å². The molecule has 0 fully saturated rings. The van der Waals surface area contributed by atoms with Gasteiger partial charge in [-0.05, 0) is 35.4 Å². The molecule has 3 aromatic carbocycles. The number of carboxylic acid groups (broad SMARTS) is 1. The summed E-state index contributed by atoms with van der Waals surface area (Å²) in [7, 11) is 0. The van der Waals surface area contributed by atoms with Crippen LogP contribution in [0.2, 0.25) is 5.02 Å². The molecule has 0 radical (unpaired) electrons. The van der Waals surface area contributed by atoms with E-state index in [-0.39, 0.29) is 11.8 Å². The smallest absolute Gasteiger partial charge is 0.308 e. The van der Waals surface area contributed by atoms with Crippen molar-refractivity contribution in [1.82, 2.24) is 0 Å². The molecule has 0 unspecified atom stereocenters. The second kappa shape index (κ2) is 9.19. The van der Waals surface area contributed by atoms with Crippen LogP contribution >= 0.6 is 11.6 Å². The summed E-state index contributed by atoms with van der Waals surface area (Å²) in [6.07, 6.45) is 3.90. The van der Waals surface area contributed by atoms with E-state index < -0.39 is 23.7 Å². The topological polar surface area (TPSA) is 66.4 Å². The maximum absolute atomic E-state index is 13.5. The molecule has 0 spiro atoms. The Morgan fingerprint density at radius 2 is 1.19 bits per heavy atom. The fraction of sp³-hybridized carbons (Fsp3) is 0.154. The number of amides is 1. The van der Waals surface area contributed by atoms with Crippen LogP contribution in [-0.4, -0.2) is 17.0 Å². The summed E-state index contributed by atoms with van der Waals surface area (Å²) < 4.78 is 0. The molecule has 4 nitrogen and oxygen atoms in total. The Labute approximate surface area is 186 Å². The van der Waals surface area contributed by atoms with Gasteiger partial charge in [-0.15, -0.1) is 0 Å². The van der Waals surface area contributed by atoms with E-state index in [1.54, 1.807) is 24.3 Å². The molecule has 0 heterocycles. The lowest BCUT2D eigenvalue weighted by atomic mass is 9.66. The fourth-order valence-electron chi connectivity index (χ4n) is 4.31. The quantitative estimate of drug-likeness (QED) is 0.507. The number of nitrogens with one attached hydrogen (secondary N) is 1. The lowest BCUT2D eigenvalue weighted by molar-refractivity contribution is -0.147. The standard InChI is InChI=1S/C26H22ClNO3/c27-19-11-13-20(14-12-19)28-25(29)23-21(17-7-3-1-4-8-17)15-16-22(24(23)26(30)31)18-9-5-2-6-10-18/h1-16,21-24H,(H,28,29)(H,30,31)/t21-,22-,23+,24+/m0/s1. The average molecular weight is 432 g/mol. The molecule has 1 amide bonds.